The minimum Gasteiger partial charge on any atom is -0.359 e. The summed E-state index contributed by atoms with van der Waals surface area (Å²) >= 11 is 0. The second-order valence-electron chi connectivity index (χ2n) is 6.03. The van der Waals surface area contributed by atoms with Crippen molar-refractivity contribution in [2.24, 2.45) is 5.92 Å². The van der Waals surface area contributed by atoms with Crippen LogP contribution in [0.1, 0.15) is 19.6 Å². The van der Waals surface area contributed by atoms with Gasteiger partial charge >= 0.3 is 17.8 Å². The SMILES string of the molecule is CC(C)CN1C(=O)C(=O)N(Cc2cc(-c3ccccc3)no2)C1=O. The van der Waals surface area contributed by atoms with Crippen LogP contribution in [0.4, 0.5) is 4.79 Å². The highest BCUT2D eigenvalue weighted by molar-refractivity contribution is 6.44. The topological polar surface area (TPSA) is 83.7 Å². The normalized spacial score (nSPS) is 15.0. The number of benzene rings is 1. The molecule has 0 saturated carbocycles. The Morgan fingerprint density at radius 1 is 1.04 bits per heavy atom. The van der Waals surface area contributed by atoms with Crippen LogP contribution < -0.4 is 0 Å². The standard InChI is InChI=1S/C17H17N3O4/c1-11(2)9-19-15(21)16(22)20(17(19)23)10-13-8-14(18-24-13)12-6-4-3-5-7-12/h3-8,11H,9-10H2,1-2H3. The third-order valence-electron chi connectivity index (χ3n) is 3.63. The molecule has 0 N–H and O–H groups in total. The Labute approximate surface area is 138 Å². The molecule has 0 unspecified atom stereocenters. The van der Waals surface area contributed by atoms with E-state index in [1.807, 2.05) is 44.2 Å². The number of hydrogen-bond acceptors (Lipinski definition) is 5. The molecule has 1 aliphatic rings. The van der Waals surface area contributed by atoms with Gasteiger partial charge in [-0.05, 0) is 5.92 Å². The van der Waals surface area contributed by atoms with Crippen molar-refractivity contribution in [2.45, 2.75) is 20.4 Å². The van der Waals surface area contributed by atoms with E-state index in [1.165, 1.54) is 0 Å². The molecule has 1 saturated heterocycles. The van der Waals surface area contributed by atoms with Crippen molar-refractivity contribution in [3.63, 3.8) is 0 Å². The molecule has 1 fully saturated rings. The van der Waals surface area contributed by atoms with Crippen LogP contribution in [-0.4, -0.2) is 39.3 Å². The van der Waals surface area contributed by atoms with Gasteiger partial charge in [-0.1, -0.05) is 49.3 Å². The molecule has 2 heterocycles. The van der Waals surface area contributed by atoms with E-state index >= 15 is 0 Å². The maximum Gasteiger partial charge on any atom is 0.334 e. The zero-order chi connectivity index (χ0) is 17.3. The van der Waals surface area contributed by atoms with Crippen LogP contribution in [0.2, 0.25) is 0 Å². The maximum absolute atomic E-state index is 12.3. The summed E-state index contributed by atoms with van der Waals surface area (Å²) in [5.74, 6) is -1.20. The van der Waals surface area contributed by atoms with Crippen LogP contribution in [0.3, 0.4) is 0 Å². The largest absolute Gasteiger partial charge is 0.359 e. The molecule has 0 radical (unpaired) electrons. The minimum absolute atomic E-state index is 0.0839. The van der Waals surface area contributed by atoms with Crippen molar-refractivity contribution in [2.75, 3.05) is 6.54 Å². The smallest absolute Gasteiger partial charge is 0.334 e. The quantitative estimate of drug-likeness (QED) is 0.621. The Bertz CT molecular complexity index is 782. The molecule has 4 amide bonds. The van der Waals surface area contributed by atoms with Crippen LogP contribution in [0, 0.1) is 5.92 Å². The van der Waals surface area contributed by atoms with Gasteiger partial charge in [0.2, 0.25) is 0 Å². The summed E-state index contributed by atoms with van der Waals surface area (Å²) in [7, 11) is 0. The zero-order valence-corrected chi connectivity index (χ0v) is 13.4. The fraction of sp³-hybridized carbons (Fsp3) is 0.294. The summed E-state index contributed by atoms with van der Waals surface area (Å²) in [4.78, 5) is 38.1. The van der Waals surface area contributed by atoms with Crippen molar-refractivity contribution in [1.29, 1.82) is 0 Å². The van der Waals surface area contributed by atoms with Gasteiger partial charge in [-0.2, -0.15) is 0 Å². The fourth-order valence-electron chi connectivity index (χ4n) is 2.50. The number of imide groups is 2. The van der Waals surface area contributed by atoms with Crippen LogP contribution in [-0.2, 0) is 16.1 Å². The highest BCUT2D eigenvalue weighted by Crippen LogP contribution is 2.22. The Morgan fingerprint density at radius 2 is 1.71 bits per heavy atom. The maximum atomic E-state index is 12.3. The summed E-state index contributed by atoms with van der Waals surface area (Å²) in [6.07, 6.45) is 0. The van der Waals surface area contributed by atoms with Crippen LogP contribution in [0.25, 0.3) is 11.3 Å². The Morgan fingerprint density at radius 3 is 2.38 bits per heavy atom. The average Bonchev–Trinajstić information content (AvgIpc) is 3.11. The predicted octanol–water partition coefficient (Wildman–Crippen LogP) is 2.29. The lowest BCUT2D eigenvalue weighted by Crippen LogP contribution is -2.35. The van der Waals surface area contributed by atoms with E-state index in [1.54, 1.807) is 6.07 Å². The van der Waals surface area contributed by atoms with Gasteiger partial charge in [0.1, 0.15) is 5.69 Å². The van der Waals surface area contributed by atoms with Gasteiger partial charge in [-0.25, -0.2) is 9.69 Å². The molecular formula is C17H17N3O4. The lowest BCUT2D eigenvalue weighted by molar-refractivity contribution is -0.143. The lowest BCUT2D eigenvalue weighted by Gasteiger charge is -2.16. The van der Waals surface area contributed by atoms with E-state index in [0.717, 1.165) is 15.4 Å². The van der Waals surface area contributed by atoms with Gasteiger partial charge in [-0.15, -0.1) is 0 Å². The molecule has 1 aromatic carbocycles. The van der Waals surface area contributed by atoms with Crippen molar-refractivity contribution < 1.29 is 18.9 Å². The highest BCUT2D eigenvalue weighted by atomic mass is 16.5. The van der Waals surface area contributed by atoms with Gasteiger partial charge in [0.05, 0.1) is 6.54 Å². The molecule has 0 aliphatic carbocycles. The van der Waals surface area contributed by atoms with Crippen LogP contribution in [0.5, 0.6) is 0 Å². The van der Waals surface area contributed by atoms with E-state index in [-0.39, 0.29) is 19.0 Å². The number of urea groups is 1. The number of carbonyl (C=O) groups is 3. The Hall–Kier alpha value is -2.96. The first-order valence-electron chi connectivity index (χ1n) is 7.65. The second-order valence-corrected chi connectivity index (χ2v) is 6.03. The Balaban J connectivity index is 1.77. The van der Waals surface area contributed by atoms with E-state index in [2.05, 4.69) is 5.16 Å². The van der Waals surface area contributed by atoms with Crippen molar-refractivity contribution in [1.82, 2.24) is 15.0 Å². The van der Waals surface area contributed by atoms with E-state index in [9.17, 15) is 14.4 Å². The van der Waals surface area contributed by atoms with Gasteiger partial charge in [0, 0.05) is 18.2 Å². The van der Waals surface area contributed by atoms with Crippen molar-refractivity contribution in [3.05, 3.63) is 42.2 Å². The summed E-state index contributed by atoms with van der Waals surface area (Å²) < 4.78 is 5.20. The molecule has 3 rings (SSSR count). The number of rotatable bonds is 5. The molecule has 0 bridgehead atoms. The van der Waals surface area contributed by atoms with Gasteiger partial charge < -0.3 is 4.52 Å². The molecule has 7 nitrogen and oxygen atoms in total. The first-order chi connectivity index (χ1) is 11.5. The third-order valence-corrected chi connectivity index (χ3v) is 3.63. The van der Waals surface area contributed by atoms with Crippen LogP contribution >= 0.6 is 0 Å². The molecule has 24 heavy (non-hydrogen) atoms. The molecule has 2 aromatic rings. The fourth-order valence-corrected chi connectivity index (χ4v) is 2.50. The monoisotopic (exact) mass is 327 g/mol. The van der Waals surface area contributed by atoms with E-state index in [4.69, 9.17) is 4.52 Å². The predicted molar refractivity (Wildman–Crippen MR) is 84.4 cm³/mol. The molecule has 0 atom stereocenters. The summed E-state index contributed by atoms with van der Waals surface area (Å²) in [5.41, 5.74) is 1.47. The van der Waals surface area contributed by atoms with E-state index in [0.29, 0.717) is 11.5 Å². The molecule has 1 aliphatic heterocycles. The molecular weight excluding hydrogens is 310 g/mol. The highest BCUT2D eigenvalue weighted by Gasteiger charge is 2.44. The number of carbonyl (C=O) groups excluding carboxylic acids is 3. The second kappa shape index (κ2) is 6.27. The number of hydrogen-bond donors (Lipinski definition) is 0. The number of aromatic nitrogens is 1. The molecule has 0 spiro atoms. The van der Waals surface area contributed by atoms with Crippen molar-refractivity contribution in [3.8, 4) is 11.3 Å². The zero-order valence-electron chi connectivity index (χ0n) is 13.4. The molecule has 124 valence electrons. The molecule has 1 aromatic heterocycles. The lowest BCUT2D eigenvalue weighted by atomic mass is 10.1. The first-order valence-corrected chi connectivity index (χ1v) is 7.65. The summed E-state index contributed by atoms with van der Waals surface area (Å²) in [6.45, 7) is 3.84. The average molecular weight is 327 g/mol. The summed E-state index contributed by atoms with van der Waals surface area (Å²) in [6, 6.07) is 10.4. The minimum atomic E-state index is -0.835. The first kappa shape index (κ1) is 15.9. The summed E-state index contributed by atoms with van der Waals surface area (Å²) in [5, 5.41) is 3.94. The van der Waals surface area contributed by atoms with Crippen LogP contribution in [0.15, 0.2) is 40.9 Å². The third kappa shape index (κ3) is 2.92. The number of nitrogens with zero attached hydrogens (tertiary/aromatic N) is 3. The molecule has 7 heteroatoms. The van der Waals surface area contributed by atoms with Gasteiger partial charge in [0.15, 0.2) is 5.76 Å². The number of amides is 4. The van der Waals surface area contributed by atoms with E-state index < -0.39 is 17.8 Å². The van der Waals surface area contributed by atoms with Crippen molar-refractivity contribution >= 4 is 17.8 Å². The van der Waals surface area contributed by atoms with Gasteiger partial charge in [-0.3, -0.25) is 14.5 Å². The Kier molecular flexibility index (Phi) is 4.16. The van der Waals surface area contributed by atoms with Gasteiger partial charge in [0.25, 0.3) is 0 Å².